The first-order chi connectivity index (χ1) is 11.9. The van der Waals surface area contributed by atoms with E-state index in [-0.39, 0.29) is 28.0 Å². The van der Waals surface area contributed by atoms with Crippen molar-refractivity contribution in [2.24, 2.45) is 7.05 Å². The molecule has 132 valence electrons. The first-order valence-corrected chi connectivity index (χ1v) is 7.77. The molecular formula is C18H19FN2O4. The maximum Gasteiger partial charge on any atom is 0.343 e. The van der Waals surface area contributed by atoms with Crippen molar-refractivity contribution in [3.05, 3.63) is 57.8 Å². The molecule has 0 aliphatic heterocycles. The van der Waals surface area contributed by atoms with E-state index >= 15 is 0 Å². The minimum Gasteiger partial charge on any atom is -0.477 e. The molecule has 0 bridgehead atoms. The first-order valence-electron chi connectivity index (χ1n) is 7.77. The predicted molar refractivity (Wildman–Crippen MR) is 94.2 cm³/mol. The van der Waals surface area contributed by atoms with Crippen LogP contribution in [-0.2, 0) is 7.05 Å². The Hall–Kier alpha value is -3.09. The molecule has 0 aliphatic rings. The van der Waals surface area contributed by atoms with Gasteiger partial charge in [-0.25, -0.2) is 9.18 Å². The van der Waals surface area contributed by atoms with Crippen molar-refractivity contribution < 1.29 is 18.7 Å². The van der Waals surface area contributed by atoms with E-state index in [2.05, 4.69) is 5.32 Å². The summed E-state index contributed by atoms with van der Waals surface area (Å²) in [6.45, 7) is 5.74. The van der Waals surface area contributed by atoms with Gasteiger partial charge in [0.05, 0.1) is 17.3 Å². The van der Waals surface area contributed by atoms with Crippen molar-refractivity contribution in [1.29, 1.82) is 0 Å². The van der Waals surface area contributed by atoms with Crippen molar-refractivity contribution in [3.8, 4) is 0 Å². The topological polar surface area (TPSA) is 84.5 Å². The summed E-state index contributed by atoms with van der Waals surface area (Å²) < 4.78 is 20.3. The van der Waals surface area contributed by atoms with Gasteiger partial charge in [0.1, 0.15) is 17.2 Å². The second-order valence-corrected chi connectivity index (χ2v) is 5.16. The number of anilines is 2. The number of pyridine rings is 1. The maximum atomic E-state index is 14.0. The molecule has 1 aromatic carbocycles. The molecule has 0 amide bonds. The quantitative estimate of drug-likeness (QED) is 0.747. The highest BCUT2D eigenvalue weighted by molar-refractivity contribution is 6.05. The number of carboxylic acid groups (broad SMARTS) is 1. The highest BCUT2D eigenvalue weighted by Gasteiger charge is 2.23. The zero-order valence-corrected chi connectivity index (χ0v) is 14.4. The van der Waals surface area contributed by atoms with Gasteiger partial charge in [-0.15, -0.1) is 0 Å². The van der Waals surface area contributed by atoms with Gasteiger partial charge < -0.3 is 14.8 Å². The zero-order chi connectivity index (χ0) is 18.7. The monoisotopic (exact) mass is 346 g/mol. The molecule has 0 radical (unpaired) electrons. The number of carboxylic acids is 1. The summed E-state index contributed by atoms with van der Waals surface area (Å²) in [5.41, 5.74) is 0.0809. The summed E-state index contributed by atoms with van der Waals surface area (Å²) in [7, 11) is 1.41. The van der Waals surface area contributed by atoms with E-state index in [1.165, 1.54) is 31.5 Å². The van der Waals surface area contributed by atoms with Gasteiger partial charge in [0, 0.05) is 7.05 Å². The lowest BCUT2D eigenvalue weighted by atomic mass is 10.1. The molecule has 2 heterocycles. The number of hydrogen-bond donors (Lipinski definition) is 2. The average Bonchev–Trinajstić information content (AvgIpc) is 3.05. The molecule has 0 atom stereocenters. The number of halogens is 1. The molecule has 2 aromatic heterocycles. The van der Waals surface area contributed by atoms with Gasteiger partial charge in [-0.05, 0) is 30.7 Å². The van der Waals surface area contributed by atoms with E-state index in [1.54, 1.807) is 13.0 Å². The number of aryl methyl sites for hydroxylation is 1. The molecule has 0 saturated heterocycles. The first kappa shape index (κ1) is 18.3. The molecular weight excluding hydrogens is 327 g/mol. The van der Waals surface area contributed by atoms with Crippen molar-refractivity contribution in [3.63, 3.8) is 0 Å². The van der Waals surface area contributed by atoms with Crippen molar-refractivity contribution in [2.75, 3.05) is 5.32 Å². The van der Waals surface area contributed by atoms with Gasteiger partial charge >= 0.3 is 5.97 Å². The maximum absolute atomic E-state index is 14.0. The number of furan rings is 1. The molecule has 6 nitrogen and oxygen atoms in total. The largest absolute Gasteiger partial charge is 0.477 e. The number of nitrogens with one attached hydrogen (secondary N) is 1. The Bertz CT molecular complexity index is 989. The fraction of sp³-hybridized carbons (Fsp3) is 0.222. The lowest BCUT2D eigenvalue weighted by molar-refractivity contribution is 0.0698. The lowest BCUT2D eigenvalue weighted by Crippen LogP contribution is -2.23. The Morgan fingerprint density at radius 3 is 2.56 bits per heavy atom. The van der Waals surface area contributed by atoms with Crippen molar-refractivity contribution in [2.45, 2.75) is 20.8 Å². The molecule has 7 heteroatoms. The third-order valence-corrected chi connectivity index (χ3v) is 3.59. The SMILES string of the molecule is CC.Cc1ccc(Nc2c(C(=O)O)c3occc3c(=O)n2C)c(F)c1. The predicted octanol–water partition coefficient (Wildman–Crippen LogP) is 4.05. The van der Waals surface area contributed by atoms with Crippen LogP contribution >= 0.6 is 0 Å². The summed E-state index contributed by atoms with van der Waals surface area (Å²) in [4.78, 5) is 23.9. The fourth-order valence-corrected chi connectivity index (χ4v) is 2.42. The number of fused-ring (bicyclic) bond motifs is 1. The summed E-state index contributed by atoms with van der Waals surface area (Å²) in [5.74, 6) is -1.88. The third-order valence-electron chi connectivity index (χ3n) is 3.59. The van der Waals surface area contributed by atoms with E-state index in [9.17, 15) is 19.1 Å². The lowest BCUT2D eigenvalue weighted by Gasteiger charge is -2.15. The standard InChI is InChI=1S/C16H13FN2O4.C2H6/c1-8-3-4-11(10(17)7-8)18-14-12(16(21)22)13-9(5-6-23-13)15(20)19(14)2;1-2/h3-7,18H,1-2H3,(H,21,22);1-2H3. The minimum atomic E-state index is -1.28. The zero-order valence-electron chi connectivity index (χ0n) is 14.4. The van der Waals surface area contributed by atoms with Gasteiger partial charge in [-0.2, -0.15) is 0 Å². The molecule has 0 saturated carbocycles. The smallest absolute Gasteiger partial charge is 0.343 e. The van der Waals surface area contributed by atoms with Gasteiger partial charge in [-0.3, -0.25) is 9.36 Å². The van der Waals surface area contributed by atoms with Gasteiger partial charge in [0.15, 0.2) is 5.58 Å². The molecule has 3 aromatic rings. The van der Waals surface area contributed by atoms with Crippen LogP contribution < -0.4 is 10.9 Å². The van der Waals surface area contributed by atoms with Crippen LogP contribution in [0, 0.1) is 12.7 Å². The number of nitrogens with zero attached hydrogens (tertiary/aromatic N) is 1. The second-order valence-electron chi connectivity index (χ2n) is 5.16. The van der Waals surface area contributed by atoms with E-state index < -0.39 is 17.3 Å². The van der Waals surface area contributed by atoms with E-state index in [4.69, 9.17) is 4.42 Å². The summed E-state index contributed by atoms with van der Waals surface area (Å²) in [6.07, 6.45) is 1.24. The van der Waals surface area contributed by atoms with Gasteiger partial charge in [0.2, 0.25) is 0 Å². The molecule has 0 fully saturated rings. The molecule has 0 unspecified atom stereocenters. The summed E-state index contributed by atoms with van der Waals surface area (Å²) in [5, 5.41) is 12.3. The number of hydrogen-bond acceptors (Lipinski definition) is 4. The highest BCUT2D eigenvalue weighted by atomic mass is 19.1. The Kier molecular flexibility index (Phi) is 5.26. The van der Waals surface area contributed by atoms with E-state index in [1.807, 2.05) is 13.8 Å². The number of carbonyl (C=O) groups is 1. The number of aromatic carboxylic acids is 1. The summed E-state index contributed by atoms with van der Waals surface area (Å²) >= 11 is 0. The van der Waals surface area contributed by atoms with Crippen molar-refractivity contribution in [1.82, 2.24) is 4.57 Å². The fourth-order valence-electron chi connectivity index (χ4n) is 2.42. The number of rotatable bonds is 3. The second kappa shape index (κ2) is 7.21. The van der Waals surface area contributed by atoms with E-state index in [0.717, 1.165) is 10.1 Å². The van der Waals surface area contributed by atoms with Crippen LogP contribution in [0.15, 0.2) is 39.7 Å². The average molecular weight is 346 g/mol. The molecule has 2 N–H and O–H groups in total. The summed E-state index contributed by atoms with van der Waals surface area (Å²) in [6, 6.07) is 5.87. The Labute approximate surface area is 143 Å². The Morgan fingerprint density at radius 1 is 1.28 bits per heavy atom. The number of aromatic nitrogens is 1. The van der Waals surface area contributed by atoms with Crippen LogP contribution in [0.25, 0.3) is 11.0 Å². The van der Waals surface area contributed by atoms with Crippen molar-refractivity contribution >= 4 is 28.4 Å². The van der Waals surface area contributed by atoms with Crippen LogP contribution in [0.1, 0.15) is 29.8 Å². The third kappa shape index (κ3) is 3.26. The molecule has 0 spiro atoms. The van der Waals surface area contributed by atoms with Gasteiger partial charge in [-0.1, -0.05) is 19.9 Å². The molecule has 0 aliphatic carbocycles. The Morgan fingerprint density at radius 2 is 1.96 bits per heavy atom. The minimum absolute atomic E-state index is 0.0457. The van der Waals surface area contributed by atoms with Crippen LogP contribution in [0.3, 0.4) is 0 Å². The highest BCUT2D eigenvalue weighted by Crippen LogP contribution is 2.28. The van der Waals surface area contributed by atoms with Crippen LogP contribution in [0.5, 0.6) is 0 Å². The van der Waals surface area contributed by atoms with Gasteiger partial charge in [0.25, 0.3) is 5.56 Å². The number of benzene rings is 1. The Balaban J connectivity index is 0.00000109. The molecule has 3 rings (SSSR count). The van der Waals surface area contributed by atoms with Crippen LogP contribution in [0.2, 0.25) is 0 Å². The van der Waals surface area contributed by atoms with Crippen LogP contribution in [-0.4, -0.2) is 15.6 Å². The normalized spacial score (nSPS) is 10.3. The van der Waals surface area contributed by atoms with E-state index in [0.29, 0.717) is 0 Å². The molecule has 25 heavy (non-hydrogen) atoms. The van der Waals surface area contributed by atoms with Crippen LogP contribution in [0.4, 0.5) is 15.9 Å².